The summed E-state index contributed by atoms with van der Waals surface area (Å²) < 4.78 is 5.92. The van der Waals surface area contributed by atoms with Crippen LogP contribution in [0, 0.1) is 5.92 Å². The largest absolute Gasteiger partial charge is 0.493 e. The fraction of sp³-hybridized carbons (Fsp3) is 0.562. The van der Waals surface area contributed by atoms with Crippen molar-refractivity contribution in [2.45, 2.75) is 19.4 Å². The minimum atomic E-state index is 0.645. The average molecular weight is 275 g/mol. The van der Waals surface area contributed by atoms with Crippen LogP contribution >= 0.6 is 0 Å². The molecule has 1 aromatic rings. The Morgan fingerprint density at radius 2 is 1.80 bits per heavy atom. The van der Waals surface area contributed by atoms with E-state index in [1.54, 1.807) is 0 Å². The number of ether oxygens (including phenoxy) is 1. The Hall–Kier alpha value is -1.71. The van der Waals surface area contributed by atoms with E-state index in [4.69, 9.17) is 4.74 Å². The Morgan fingerprint density at radius 1 is 1.15 bits per heavy atom. The summed E-state index contributed by atoms with van der Waals surface area (Å²) in [6.07, 6.45) is 2.62. The molecule has 0 amide bonds. The van der Waals surface area contributed by atoms with Crippen molar-refractivity contribution in [2.75, 3.05) is 34.8 Å². The number of hydrogen-bond donors (Lipinski definition) is 0. The first-order chi connectivity index (χ1) is 9.58. The van der Waals surface area contributed by atoms with Crippen LogP contribution in [0.15, 0.2) is 29.3 Å². The molecule has 0 heterocycles. The Balaban J connectivity index is 2.05. The normalized spacial score (nSPS) is 13.8. The number of guanidine groups is 1. The van der Waals surface area contributed by atoms with Crippen molar-refractivity contribution >= 4 is 5.96 Å². The predicted octanol–water partition coefficient (Wildman–Crippen LogP) is 2.45. The van der Waals surface area contributed by atoms with Crippen LogP contribution in [0.5, 0.6) is 5.75 Å². The molecule has 1 aliphatic carbocycles. The van der Waals surface area contributed by atoms with Gasteiger partial charge in [0.15, 0.2) is 5.96 Å². The van der Waals surface area contributed by atoms with Crippen molar-refractivity contribution in [1.82, 2.24) is 9.80 Å². The second-order valence-corrected chi connectivity index (χ2v) is 5.77. The van der Waals surface area contributed by atoms with Crippen LogP contribution in [0.1, 0.15) is 18.4 Å². The lowest BCUT2D eigenvalue weighted by atomic mass is 10.2. The van der Waals surface area contributed by atoms with Crippen LogP contribution in [-0.2, 0) is 6.54 Å². The van der Waals surface area contributed by atoms with Gasteiger partial charge in [-0.1, -0.05) is 18.2 Å². The van der Waals surface area contributed by atoms with E-state index in [1.807, 2.05) is 56.2 Å². The van der Waals surface area contributed by atoms with Gasteiger partial charge in [0.05, 0.1) is 13.2 Å². The Bertz CT molecular complexity index is 455. The van der Waals surface area contributed by atoms with Crippen molar-refractivity contribution in [3.8, 4) is 5.75 Å². The zero-order valence-corrected chi connectivity index (χ0v) is 13.0. The summed E-state index contributed by atoms with van der Waals surface area (Å²) >= 11 is 0. The maximum absolute atomic E-state index is 5.92. The summed E-state index contributed by atoms with van der Waals surface area (Å²) in [6, 6.07) is 8.20. The van der Waals surface area contributed by atoms with E-state index in [2.05, 4.69) is 11.1 Å². The molecule has 4 nitrogen and oxygen atoms in total. The highest BCUT2D eigenvalue weighted by molar-refractivity contribution is 5.79. The highest BCUT2D eigenvalue weighted by atomic mass is 16.5. The molecule has 0 unspecified atom stereocenters. The first-order valence-corrected chi connectivity index (χ1v) is 7.17. The summed E-state index contributed by atoms with van der Waals surface area (Å²) in [5.74, 6) is 2.70. The number of aliphatic imine (C=N–C) groups is 1. The van der Waals surface area contributed by atoms with E-state index in [1.165, 1.54) is 12.8 Å². The third kappa shape index (κ3) is 4.15. The minimum Gasteiger partial charge on any atom is -0.493 e. The molecule has 0 bridgehead atoms. The summed E-state index contributed by atoms with van der Waals surface area (Å²) in [5, 5.41) is 0. The van der Waals surface area contributed by atoms with Gasteiger partial charge in [0.25, 0.3) is 0 Å². The van der Waals surface area contributed by atoms with E-state index in [-0.39, 0.29) is 0 Å². The average Bonchev–Trinajstić information content (AvgIpc) is 3.21. The fourth-order valence-electron chi connectivity index (χ4n) is 2.11. The van der Waals surface area contributed by atoms with Gasteiger partial charge < -0.3 is 14.5 Å². The summed E-state index contributed by atoms with van der Waals surface area (Å²) in [7, 11) is 8.03. The highest BCUT2D eigenvalue weighted by Crippen LogP contribution is 2.30. The van der Waals surface area contributed by atoms with Gasteiger partial charge in [0, 0.05) is 33.8 Å². The second kappa shape index (κ2) is 6.64. The van der Waals surface area contributed by atoms with Gasteiger partial charge in [0.1, 0.15) is 5.75 Å². The van der Waals surface area contributed by atoms with Gasteiger partial charge in [-0.15, -0.1) is 0 Å². The SMILES string of the molecule is CN(C)C(=NCc1ccccc1OCC1CC1)N(C)C. The predicted molar refractivity (Wildman–Crippen MR) is 83.2 cm³/mol. The monoisotopic (exact) mass is 275 g/mol. The molecule has 1 aromatic carbocycles. The van der Waals surface area contributed by atoms with Crippen LogP contribution in [0.25, 0.3) is 0 Å². The van der Waals surface area contributed by atoms with E-state index in [0.29, 0.717) is 6.54 Å². The quantitative estimate of drug-likeness (QED) is 0.610. The zero-order valence-electron chi connectivity index (χ0n) is 13.0. The Labute approximate surface area is 122 Å². The van der Waals surface area contributed by atoms with Crippen LogP contribution in [0.4, 0.5) is 0 Å². The van der Waals surface area contributed by atoms with Crippen LogP contribution in [0.2, 0.25) is 0 Å². The van der Waals surface area contributed by atoms with Crippen LogP contribution < -0.4 is 4.74 Å². The number of nitrogens with zero attached hydrogens (tertiary/aromatic N) is 3. The van der Waals surface area contributed by atoms with Crippen molar-refractivity contribution < 1.29 is 4.74 Å². The molecule has 0 N–H and O–H groups in total. The molecular formula is C16H25N3O. The van der Waals surface area contributed by atoms with Gasteiger partial charge in [-0.2, -0.15) is 0 Å². The second-order valence-electron chi connectivity index (χ2n) is 5.77. The molecule has 0 radical (unpaired) electrons. The lowest BCUT2D eigenvalue weighted by Gasteiger charge is -2.22. The van der Waals surface area contributed by atoms with Gasteiger partial charge in [-0.05, 0) is 24.8 Å². The molecular weight excluding hydrogens is 250 g/mol. The van der Waals surface area contributed by atoms with Crippen molar-refractivity contribution in [1.29, 1.82) is 0 Å². The van der Waals surface area contributed by atoms with Gasteiger partial charge in [-0.3, -0.25) is 0 Å². The molecule has 1 saturated carbocycles. The fourth-order valence-corrected chi connectivity index (χ4v) is 2.11. The molecule has 0 spiro atoms. The van der Waals surface area contributed by atoms with Crippen LogP contribution in [-0.4, -0.2) is 50.6 Å². The molecule has 0 atom stereocenters. The summed E-state index contributed by atoms with van der Waals surface area (Å²) in [4.78, 5) is 8.73. The van der Waals surface area contributed by atoms with E-state index >= 15 is 0 Å². The third-order valence-electron chi connectivity index (χ3n) is 3.33. The first kappa shape index (κ1) is 14.7. The van der Waals surface area contributed by atoms with Gasteiger partial charge >= 0.3 is 0 Å². The zero-order chi connectivity index (χ0) is 14.5. The maximum atomic E-state index is 5.92. The molecule has 1 fully saturated rings. The standard InChI is InChI=1S/C16H25N3O/c1-18(2)16(19(3)4)17-11-14-7-5-6-8-15(14)20-12-13-9-10-13/h5-8,13H,9-12H2,1-4H3. The number of rotatable bonds is 5. The van der Waals surface area contributed by atoms with Crippen molar-refractivity contribution in [3.05, 3.63) is 29.8 Å². The number of benzene rings is 1. The first-order valence-electron chi connectivity index (χ1n) is 7.17. The lowest BCUT2D eigenvalue weighted by molar-refractivity contribution is 0.297. The molecule has 0 aliphatic heterocycles. The topological polar surface area (TPSA) is 28.1 Å². The third-order valence-corrected chi connectivity index (χ3v) is 3.33. The molecule has 20 heavy (non-hydrogen) atoms. The molecule has 4 heteroatoms. The molecule has 110 valence electrons. The molecule has 0 aromatic heterocycles. The van der Waals surface area contributed by atoms with Crippen molar-refractivity contribution in [2.24, 2.45) is 10.9 Å². The van der Waals surface area contributed by atoms with Gasteiger partial charge in [0.2, 0.25) is 0 Å². The molecule has 2 rings (SSSR count). The Morgan fingerprint density at radius 3 is 2.40 bits per heavy atom. The smallest absolute Gasteiger partial charge is 0.195 e. The van der Waals surface area contributed by atoms with Crippen LogP contribution in [0.3, 0.4) is 0 Å². The van der Waals surface area contributed by atoms with E-state index < -0.39 is 0 Å². The summed E-state index contributed by atoms with van der Waals surface area (Å²) in [5.41, 5.74) is 1.15. The number of hydrogen-bond acceptors (Lipinski definition) is 2. The van der Waals surface area contributed by atoms with E-state index in [0.717, 1.165) is 29.8 Å². The lowest BCUT2D eigenvalue weighted by Crippen LogP contribution is -2.35. The van der Waals surface area contributed by atoms with Gasteiger partial charge in [-0.25, -0.2) is 4.99 Å². The summed E-state index contributed by atoms with van der Waals surface area (Å²) in [6.45, 7) is 1.49. The van der Waals surface area contributed by atoms with Crippen molar-refractivity contribution in [3.63, 3.8) is 0 Å². The minimum absolute atomic E-state index is 0.645. The number of para-hydroxylation sites is 1. The molecule has 1 aliphatic rings. The molecule has 0 saturated heterocycles. The highest BCUT2D eigenvalue weighted by Gasteiger charge is 2.22. The maximum Gasteiger partial charge on any atom is 0.195 e. The Kier molecular flexibility index (Phi) is 4.88. The van der Waals surface area contributed by atoms with E-state index in [9.17, 15) is 0 Å².